The molecule has 1 aromatic heterocycles. The molecule has 5 nitrogen and oxygen atoms in total. The van der Waals surface area contributed by atoms with Gasteiger partial charge in [0.2, 0.25) is 10.0 Å². The van der Waals surface area contributed by atoms with E-state index in [1.54, 1.807) is 33.3 Å². The summed E-state index contributed by atoms with van der Waals surface area (Å²) in [5.41, 5.74) is 0.222. The van der Waals surface area contributed by atoms with Crippen LogP contribution in [0.25, 0.3) is 0 Å². The van der Waals surface area contributed by atoms with Crippen molar-refractivity contribution in [1.82, 2.24) is 9.29 Å². The smallest absolute Gasteiger partial charge is 0.217 e. The largest absolute Gasteiger partial charge is 0.375 e. The van der Waals surface area contributed by atoms with E-state index in [0.29, 0.717) is 6.61 Å². The second kappa shape index (κ2) is 6.65. The third-order valence-electron chi connectivity index (χ3n) is 3.24. The molecule has 0 saturated heterocycles. The molecule has 0 amide bonds. The van der Waals surface area contributed by atoms with Crippen molar-refractivity contribution in [2.75, 3.05) is 19.4 Å². The van der Waals surface area contributed by atoms with Gasteiger partial charge >= 0.3 is 0 Å². The summed E-state index contributed by atoms with van der Waals surface area (Å²) in [5, 5.41) is 0. The Morgan fingerprint density at radius 2 is 1.90 bits per heavy atom. The van der Waals surface area contributed by atoms with E-state index in [1.807, 2.05) is 26.0 Å². The Kier molecular flexibility index (Phi) is 5.68. The molecule has 0 aliphatic heterocycles. The molecule has 1 heterocycles. The molecule has 0 radical (unpaired) electrons. The van der Waals surface area contributed by atoms with E-state index in [1.165, 1.54) is 4.31 Å². The first kappa shape index (κ1) is 17.1. The maximum Gasteiger partial charge on any atom is 0.217 e. The van der Waals surface area contributed by atoms with Gasteiger partial charge < -0.3 is 4.74 Å². The Balaban J connectivity index is 2.87. The lowest BCUT2D eigenvalue weighted by atomic mass is 10.1. The van der Waals surface area contributed by atoms with Gasteiger partial charge in [0.05, 0.1) is 11.4 Å². The minimum atomic E-state index is -3.40. The van der Waals surface area contributed by atoms with Gasteiger partial charge in [-0.1, -0.05) is 0 Å². The van der Waals surface area contributed by atoms with Crippen LogP contribution < -0.4 is 0 Å². The SMILES string of the molecule is CCOC(C)(C)CS(=O)(=O)N(C)C(C)c1ccncc1. The molecule has 6 heteroatoms. The maximum absolute atomic E-state index is 12.5. The summed E-state index contributed by atoms with van der Waals surface area (Å²) in [7, 11) is -1.80. The lowest BCUT2D eigenvalue weighted by Crippen LogP contribution is -2.41. The summed E-state index contributed by atoms with van der Waals surface area (Å²) >= 11 is 0. The second-order valence-corrected chi connectivity index (χ2v) is 7.45. The van der Waals surface area contributed by atoms with E-state index in [-0.39, 0.29) is 11.8 Å². The van der Waals surface area contributed by atoms with Crippen LogP contribution in [0.5, 0.6) is 0 Å². The molecule has 1 rings (SSSR count). The predicted octanol–water partition coefficient (Wildman–Crippen LogP) is 2.22. The highest BCUT2D eigenvalue weighted by molar-refractivity contribution is 7.89. The van der Waals surface area contributed by atoms with Crippen molar-refractivity contribution in [1.29, 1.82) is 0 Å². The summed E-state index contributed by atoms with van der Waals surface area (Å²) in [4.78, 5) is 3.95. The first-order chi connectivity index (χ1) is 9.19. The first-order valence-electron chi connectivity index (χ1n) is 6.69. The number of sulfonamides is 1. The van der Waals surface area contributed by atoms with Gasteiger partial charge in [-0.25, -0.2) is 8.42 Å². The van der Waals surface area contributed by atoms with E-state index in [2.05, 4.69) is 4.98 Å². The summed E-state index contributed by atoms with van der Waals surface area (Å²) < 4.78 is 31.8. The number of nitrogens with zero attached hydrogens (tertiary/aromatic N) is 2. The summed E-state index contributed by atoms with van der Waals surface area (Å²) in [6, 6.07) is 3.41. The van der Waals surface area contributed by atoms with Crippen molar-refractivity contribution in [2.45, 2.75) is 39.3 Å². The van der Waals surface area contributed by atoms with Gasteiger partial charge in [-0.2, -0.15) is 4.31 Å². The molecule has 0 aliphatic carbocycles. The van der Waals surface area contributed by atoms with Crippen LogP contribution in [0.1, 0.15) is 39.3 Å². The maximum atomic E-state index is 12.5. The Bertz CT molecular complexity index is 514. The molecule has 114 valence electrons. The van der Waals surface area contributed by atoms with Gasteiger partial charge in [-0.15, -0.1) is 0 Å². The molecular weight excluding hydrogens is 276 g/mol. The highest BCUT2D eigenvalue weighted by Crippen LogP contribution is 2.23. The van der Waals surface area contributed by atoms with Crippen molar-refractivity contribution in [3.63, 3.8) is 0 Å². The molecule has 1 atom stereocenters. The van der Waals surface area contributed by atoms with E-state index in [9.17, 15) is 8.42 Å². The van der Waals surface area contributed by atoms with Crippen LogP contribution >= 0.6 is 0 Å². The summed E-state index contributed by atoms with van der Waals surface area (Å²) in [5.74, 6) is -0.0419. The summed E-state index contributed by atoms with van der Waals surface area (Å²) in [6.45, 7) is 7.79. The predicted molar refractivity (Wildman–Crippen MR) is 79.9 cm³/mol. The molecule has 0 aromatic carbocycles. The van der Waals surface area contributed by atoms with Crippen LogP contribution in [0.3, 0.4) is 0 Å². The van der Waals surface area contributed by atoms with E-state index in [0.717, 1.165) is 5.56 Å². The minimum Gasteiger partial charge on any atom is -0.375 e. The van der Waals surface area contributed by atoms with Crippen LogP contribution in [0.2, 0.25) is 0 Å². The molecule has 0 saturated carbocycles. The van der Waals surface area contributed by atoms with Crippen molar-refractivity contribution < 1.29 is 13.2 Å². The number of aromatic nitrogens is 1. The lowest BCUT2D eigenvalue weighted by molar-refractivity contribution is 0.00719. The van der Waals surface area contributed by atoms with Crippen molar-refractivity contribution in [3.05, 3.63) is 30.1 Å². The molecule has 0 N–H and O–H groups in total. The normalized spacial score (nSPS) is 14.5. The zero-order valence-corrected chi connectivity index (χ0v) is 13.6. The van der Waals surface area contributed by atoms with Crippen LogP contribution in [0, 0.1) is 0 Å². The van der Waals surface area contributed by atoms with Crippen molar-refractivity contribution in [3.8, 4) is 0 Å². The second-order valence-electron chi connectivity index (χ2n) is 5.42. The standard InChI is InChI=1S/C14H24N2O3S/c1-6-19-14(3,4)11-20(17,18)16(5)12(2)13-7-9-15-10-8-13/h7-10,12H,6,11H2,1-5H3. The third kappa shape index (κ3) is 4.54. The van der Waals surface area contributed by atoms with Crippen molar-refractivity contribution in [2.24, 2.45) is 0 Å². The monoisotopic (exact) mass is 300 g/mol. The van der Waals surface area contributed by atoms with Crippen LogP contribution in [0.15, 0.2) is 24.5 Å². The number of ether oxygens (including phenoxy) is 1. The molecule has 1 unspecified atom stereocenters. The highest BCUT2D eigenvalue weighted by atomic mass is 32.2. The molecule has 0 bridgehead atoms. The topological polar surface area (TPSA) is 59.5 Å². The first-order valence-corrected chi connectivity index (χ1v) is 8.30. The van der Waals surface area contributed by atoms with Gasteiger partial charge in [-0.05, 0) is 45.4 Å². The average molecular weight is 300 g/mol. The average Bonchev–Trinajstić information content (AvgIpc) is 2.36. The third-order valence-corrected chi connectivity index (χ3v) is 5.49. The zero-order chi connectivity index (χ0) is 15.4. The molecule has 0 spiro atoms. The number of rotatable bonds is 7. The van der Waals surface area contributed by atoms with Crippen LogP contribution in [-0.2, 0) is 14.8 Å². The Labute approximate surface area is 122 Å². The van der Waals surface area contributed by atoms with Gasteiger partial charge in [0.25, 0.3) is 0 Å². The fourth-order valence-corrected chi connectivity index (χ4v) is 3.84. The van der Waals surface area contributed by atoms with Crippen LogP contribution in [-0.4, -0.2) is 42.7 Å². The quantitative estimate of drug-likeness (QED) is 0.774. The van der Waals surface area contributed by atoms with E-state index >= 15 is 0 Å². The molecule has 0 fully saturated rings. The number of hydrogen-bond donors (Lipinski definition) is 0. The van der Waals surface area contributed by atoms with E-state index in [4.69, 9.17) is 4.74 Å². The molecular formula is C14H24N2O3S. The van der Waals surface area contributed by atoms with E-state index < -0.39 is 15.6 Å². The molecule has 1 aromatic rings. The zero-order valence-electron chi connectivity index (χ0n) is 12.8. The Hall–Kier alpha value is -0.980. The van der Waals surface area contributed by atoms with Gasteiger partial charge in [-0.3, -0.25) is 4.98 Å². The highest BCUT2D eigenvalue weighted by Gasteiger charge is 2.32. The molecule has 0 aliphatic rings. The fourth-order valence-electron chi connectivity index (χ4n) is 2.07. The van der Waals surface area contributed by atoms with Crippen LogP contribution in [0.4, 0.5) is 0 Å². The van der Waals surface area contributed by atoms with Gasteiger partial charge in [0.1, 0.15) is 0 Å². The van der Waals surface area contributed by atoms with Crippen molar-refractivity contribution >= 4 is 10.0 Å². The number of pyridine rings is 1. The minimum absolute atomic E-state index is 0.0419. The number of hydrogen-bond acceptors (Lipinski definition) is 4. The van der Waals surface area contributed by atoms with Gasteiger partial charge in [0.15, 0.2) is 0 Å². The Morgan fingerprint density at radius 1 is 1.35 bits per heavy atom. The fraction of sp³-hybridized carbons (Fsp3) is 0.643. The van der Waals surface area contributed by atoms with Gasteiger partial charge in [0, 0.05) is 32.1 Å². The molecule has 20 heavy (non-hydrogen) atoms. The lowest BCUT2D eigenvalue weighted by Gasteiger charge is -2.30. The summed E-state index contributed by atoms with van der Waals surface area (Å²) in [6.07, 6.45) is 3.33. The Morgan fingerprint density at radius 3 is 2.40 bits per heavy atom.